The molecule has 1 atom stereocenters. The van der Waals surface area contributed by atoms with Crippen molar-refractivity contribution in [3.05, 3.63) is 29.0 Å². The van der Waals surface area contributed by atoms with Gasteiger partial charge in [-0.05, 0) is 24.6 Å². The molecule has 1 aromatic carbocycles. The standard InChI is InChI=1S/C11H12ClFN2O5S/c12-7-5-6(1-2-8(7)13)21(19,20)15-9(11(17)18)3-4-10(14)16/h1-2,5,9,15H,3-4H2,(H2,14,16)(H,17,18). The molecule has 0 aliphatic heterocycles. The van der Waals surface area contributed by atoms with Crippen LogP contribution < -0.4 is 10.5 Å². The molecule has 0 aliphatic carbocycles. The highest BCUT2D eigenvalue weighted by Crippen LogP contribution is 2.19. The zero-order valence-corrected chi connectivity index (χ0v) is 12.1. The number of nitrogens with two attached hydrogens (primary N) is 1. The highest BCUT2D eigenvalue weighted by molar-refractivity contribution is 7.89. The Morgan fingerprint density at radius 2 is 2.05 bits per heavy atom. The molecule has 7 nitrogen and oxygen atoms in total. The number of nitrogens with one attached hydrogen (secondary N) is 1. The van der Waals surface area contributed by atoms with Crippen LogP contribution in [0.2, 0.25) is 5.02 Å². The van der Waals surface area contributed by atoms with E-state index >= 15 is 0 Å². The molecule has 116 valence electrons. The number of primary amides is 1. The van der Waals surface area contributed by atoms with Crippen LogP contribution in [0.25, 0.3) is 0 Å². The molecular weight excluding hydrogens is 327 g/mol. The quantitative estimate of drug-likeness (QED) is 0.666. The van der Waals surface area contributed by atoms with Crippen molar-refractivity contribution in [3.8, 4) is 0 Å². The minimum atomic E-state index is -4.23. The van der Waals surface area contributed by atoms with Crippen molar-refractivity contribution >= 4 is 33.5 Å². The molecule has 21 heavy (non-hydrogen) atoms. The third-order valence-electron chi connectivity index (χ3n) is 2.48. The summed E-state index contributed by atoms with van der Waals surface area (Å²) >= 11 is 5.48. The molecule has 1 unspecified atom stereocenters. The van der Waals surface area contributed by atoms with Crippen LogP contribution >= 0.6 is 11.6 Å². The van der Waals surface area contributed by atoms with Crippen molar-refractivity contribution in [3.63, 3.8) is 0 Å². The van der Waals surface area contributed by atoms with Crippen LogP contribution in [0.4, 0.5) is 4.39 Å². The van der Waals surface area contributed by atoms with Gasteiger partial charge in [-0.3, -0.25) is 9.59 Å². The van der Waals surface area contributed by atoms with Gasteiger partial charge in [0.15, 0.2) is 0 Å². The summed E-state index contributed by atoms with van der Waals surface area (Å²) in [7, 11) is -4.23. The maximum Gasteiger partial charge on any atom is 0.321 e. The lowest BCUT2D eigenvalue weighted by Gasteiger charge is -2.14. The number of carboxylic acids is 1. The monoisotopic (exact) mass is 338 g/mol. The van der Waals surface area contributed by atoms with Crippen LogP contribution in [0.15, 0.2) is 23.1 Å². The number of hydrogen-bond donors (Lipinski definition) is 3. The van der Waals surface area contributed by atoms with E-state index in [1.165, 1.54) is 0 Å². The summed E-state index contributed by atoms with van der Waals surface area (Å²) in [6, 6.07) is 1.10. The smallest absolute Gasteiger partial charge is 0.321 e. The molecule has 4 N–H and O–H groups in total. The largest absolute Gasteiger partial charge is 0.480 e. The van der Waals surface area contributed by atoms with Gasteiger partial charge in [0.25, 0.3) is 0 Å². The van der Waals surface area contributed by atoms with Gasteiger partial charge in [-0.25, -0.2) is 12.8 Å². The van der Waals surface area contributed by atoms with Crippen LogP contribution in [0.1, 0.15) is 12.8 Å². The molecule has 0 saturated carbocycles. The van der Waals surface area contributed by atoms with Crippen molar-refractivity contribution in [2.75, 3.05) is 0 Å². The maximum atomic E-state index is 13.0. The first kappa shape index (κ1) is 17.3. The number of amides is 1. The molecule has 10 heteroatoms. The lowest BCUT2D eigenvalue weighted by Crippen LogP contribution is -2.41. The summed E-state index contributed by atoms with van der Waals surface area (Å²) in [4.78, 5) is 21.2. The third kappa shape index (κ3) is 4.96. The summed E-state index contributed by atoms with van der Waals surface area (Å²) in [5.74, 6) is -3.03. The first-order chi connectivity index (χ1) is 9.63. The fourth-order valence-electron chi connectivity index (χ4n) is 1.42. The van der Waals surface area contributed by atoms with Gasteiger partial charge in [-0.1, -0.05) is 11.6 Å². The van der Waals surface area contributed by atoms with Crippen LogP contribution in [0.5, 0.6) is 0 Å². The van der Waals surface area contributed by atoms with E-state index in [0.717, 1.165) is 18.2 Å². The Balaban J connectivity index is 2.97. The van der Waals surface area contributed by atoms with Gasteiger partial charge in [0, 0.05) is 6.42 Å². The van der Waals surface area contributed by atoms with E-state index in [1.54, 1.807) is 0 Å². The Morgan fingerprint density at radius 3 is 2.52 bits per heavy atom. The van der Waals surface area contributed by atoms with Crippen molar-refractivity contribution in [2.45, 2.75) is 23.8 Å². The van der Waals surface area contributed by atoms with Gasteiger partial charge in [0.1, 0.15) is 11.9 Å². The molecule has 0 saturated heterocycles. The number of carbonyl (C=O) groups excluding carboxylic acids is 1. The summed E-state index contributed by atoms with van der Waals surface area (Å²) in [6.07, 6.45) is -0.609. The highest BCUT2D eigenvalue weighted by atomic mass is 35.5. The number of halogens is 2. The van der Waals surface area contributed by atoms with Gasteiger partial charge >= 0.3 is 5.97 Å². The number of hydrogen-bond acceptors (Lipinski definition) is 4. The summed E-state index contributed by atoms with van der Waals surface area (Å²) in [5.41, 5.74) is 4.88. The van der Waals surface area contributed by atoms with Crippen molar-refractivity contribution in [1.82, 2.24) is 4.72 Å². The number of carbonyl (C=O) groups is 2. The Bertz CT molecular complexity index is 665. The normalized spacial score (nSPS) is 12.9. The van der Waals surface area contributed by atoms with Gasteiger partial charge < -0.3 is 10.8 Å². The average Bonchev–Trinajstić information content (AvgIpc) is 2.37. The first-order valence-corrected chi connectivity index (χ1v) is 7.48. The summed E-state index contributed by atoms with van der Waals surface area (Å²) in [6.45, 7) is 0. The molecule has 0 aromatic heterocycles. The topological polar surface area (TPSA) is 127 Å². The molecule has 0 fully saturated rings. The van der Waals surface area contributed by atoms with Gasteiger partial charge in [0.05, 0.1) is 9.92 Å². The van der Waals surface area contributed by atoms with Gasteiger partial charge in [-0.2, -0.15) is 4.72 Å². The molecule has 0 heterocycles. The number of benzene rings is 1. The van der Waals surface area contributed by atoms with E-state index in [4.69, 9.17) is 22.4 Å². The molecule has 0 bridgehead atoms. The molecule has 0 radical (unpaired) electrons. The Hall–Kier alpha value is -1.71. The Morgan fingerprint density at radius 1 is 1.43 bits per heavy atom. The second kappa shape index (κ2) is 6.83. The SMILES string of the molecule is NC(=O)CCC(NS(=O)(=O)c1ccc(F)c(Cl)c1)C(=O)O. The maximum absolute atomic E-state index is 13.0. The lowest BCUT2D eigenvalue weighted by molar-refractivity contribution is -0.139. The molecule has 1 aromatic rings. The number of sulfonamides is 1. The van der Waals surface area contributed by atoms with E-state index in [9.17, 15) is 22.4 Å². The predicted molar refractivity (Wildman–Crippen MR) is 71.6 cm³/mol. The third-order valence-corrected chi connectivity index (χ3v) is 4.24. The van der Waals surface area contributed by atoms with Crippen LogP contribution in [-0.2, 0) is 19.6 Å². The highest BCUT2D eigenvalue weighted by Gasteiger charge is 2.26. The summed E-state index contributed by atoms with van der Waals surface area (Å²) in [5, 5.41) is 8.52. The average molecular weight is 339 g/mol. The predicted octanol–water partition coefficient (Wildman–Crippen LogP) is 0.476. The lowest BCUT2D eigenvalue weighted by atomic mass is 10.2. The van der Waals surface area contributed by atoms with Crippen molar-refractivity contribution in [1.29, 1.82) is 0 Å². The minimum Gasteiger partial charge on any atom is -0.480 e. The minimum absolute atomic E-state index is 0.302. The van der Waals surface area contributed by atoms with E-state index < -0.39 is 38.8 Å². The van der Waals surface area contributed by atoms with Gasteiger partial charge in [0.2, 0.25) is 15.9 Å². The van der Waals surface area contributed by atoms with Crippen LogP contribution in [0.3, 0.4) is 0 Å². The van der Waals surface area contributed by atoms with E-state index in [1.807, 2.05) is 4.72 Å². The summed E-state index contributed by atoms with van der Waals surface area (Å²) < 4.78 is 38.9. The molecule has 0 aliphatic rings. The van der Waals surface area contributed by atoms with E-state index in [-0.39, 0.29) is 17.7 Å². The first-order valence-electron chi connectivity index (χ1n) is 5.62. The molecular formula is C11H12ClFN2O5S. The second-order valence-corrected chi connectivity index (χ2v) is 6.21. The fourth-order valence-corrected chi connectivity index (χ4v) is 2.91. The fraction of sp³-hybridized carbons (Fsp3) is 0.273. The number of carboxylic acid groups (broad SMARTS) is 1. The zero-order chi connectivity index (χ0) is 16.2. The number of aliphatic carboxylic acids is 1. The zero-order valence-electron chi connectivity index (χ0n) is 10.5. The van der Waals surface area contributed by atoms with Gasteiger partial charge in [-0.15, -0.1) is 0 Å². The second-order valence-electron chi connectivity index (χ2n) is 4.09. The van der Waals surface area contributed by atoms with E-state index in [0.29, 0.717) is 0 Å². The van der Waals surface area contributed by atoms with Crippen molar-refractivity contribution < 1.29 is 27.5 Å². The number of rotatable bonds is 7. The van der Waals surface area contributed by atoms with Crippen LogP contribution in [-0.4, -0.2) is 31.4 Å². The molecule has 1 amide bonds. The van der Waals surface area contributed by atoms with Crippen LogP contribution in [0, 0.1) is 5.82 Å². The Labute approximate surface area is 124 Å². The Kier molecular flexibility index (Phi) is 5.64. The van der Waals surface area contributed by atoms with E-state index in [2.05, 4.69) is 0 Å². The molecule has 0 spiro atoms. The van der Waals surface area contributed by atoms with Crippen molar-refractivity contribution in [2.24, 2.45) is 5.73 Å². The molecule has 1 rings (SSSR count).